The molecule has 27 heavy (non-hydrogen) atoms. The highest BCUT2D eigenvalue weighted by atomic mass is 32.2. The Bertz CT molecular complexity index is 947. The van der Waals surface area contributed by atoms with Gasteiger partial charge in [-0.05, 0) is 68.2 Å². The summed E-state index contributed by atoms with van der Waals surface area (Å²) in [4.78, 5) is 0.432. The third-order valence-electron chi connectivity index (χ3n) is 6.50. The van der Waals surface area contributed by atoms with Crippen LogP contribution in [0.5, 0.6) is 0 Å². The molecule has 1 atom stereocenters. The molecule has 1 aromatic heterocycles. The number of benzene rings is 1. The number of rotatable bonds is 4. The number of fused-ring (bicyclic) bond motifs is 1. The Hall–Kier alpha value is -1.73. The summed E-state index contributed by atoms with van der Waals surface area (Å²) in [6, 6.07) is 5.90. The van der Waals surface area contributed by atoms with Gasteiger partial charge >= 0.3 is 0 Å². The fraction of sp³-hybridized carbons (Fsp3) is 0.600. The van der Waals surface area contributed by atoms with Gasteiger partial charge in [0, 0.05) is 12.6 Å². The molecule has 0 radical (unpaired) electrons. The lowest BCUT2D eigenvalue weighted by molar-refractivity contribution is 0.359. The monoisotopic (exact) mass is 386 g/mol. The minimum atomic E-state index is -3.52. The molecule has 2 fully saturated rings. The van der Waals surface area contributed by atoms with E-state index in [1.807, 2.05) is 12.1 Å². The molecule has 0 amide bonds. The number of hydrogen-bond donors (Lipinski definition) is 0. The Morgan fingerprint density at radius 2 is 1.78 bits per heavy atom. The van der Waals surface area contributed by atoms with Crippen LogP contribution in [-0.4, -0.2) is 34.0 Å². The summed E-state index contributed by atoms with van der Waals surface area (Å²) in [6.07, 6.45) is 11.4. The largest absolute Gasteiger partial charge is 0.313 e. The fourth-order valence-electron chi connectivity index (χ4n) is 5.08. The van der Waals surface area contributed by atoms with Crippen LogP contribution in [0.25, 0.3) is 0 Å². The van der Waals surface area contributed by atoms with E-state index in [1.54, 1.807) is 16.7 Å². The lowest BCUT2D eigenvalue weighted by Gasteiger charge is -2.25. The molecule has 7 heteroatoms. The summed E-state index contributed by atoms with van der Waals surface area (Å²) in [6.45, 7) is 0.557. The Morgan fingerprint density at radius 1 is 0.963 bits per heavy atom. The van der Waals surface area contributed by atoms with Crippen molar-refractivity contribution in [1.82, 2.24) is 19.1 Å². The van der Waals surface area contributed by atoms with Crippen LogP contribution >= 0.6 is 0 Å². The van der Waals surface area contributed by atoms with Crippen LogP contribution < -0.4 is 0 Å². The van der Waals surface area contributed by atoms with Gasteiger partial charge in [0.05, 0.1) is 10.9 Å². The number of sulfonamides is 1. The zero-order valence-electron chi connectivity index (χ0n) is 15.5. The quantitative estimate of drug-likeness (QED) is 0.808. The van der Waals surface area contributed by atoms with E-state index in [0.717, 1.165) is 50.8 Å². The lowest BCUT2D eigenvalue weighted by atomic mass is 10.1. The molecule has 0 N–H and O–H groups in total. The van der Waals surface area contributed by atoms with E-state index >= 15 is 0 Å². The van der Waals surface area contributed by atoms with Gasteiger partial charge in [-0.3, -0.25) is 0 Å². The zero-order valence-corrected chi connectivity index (χ0v) is 16.4. The van der Waals surface area contributed by atoms with Crippen molar-refractivity contribution in [2.45, 2.75) is 74.8 Å². The van der Waals surface area contributed by atoms with Gasteiger partial charge in [0.2, 0.25) is 10.0 Å². The van der Waals surface area contributed by atoms with Crippen LogP contribution in [-0.2, 0) is 22.9 Å². The topological polar surface area (TPSA) is 68.1 Å². The first kappa shape index (κ1) is 17.4. The van der Waals surface area contributed by atoms with Gasteiger partial charge < -0.3 is 4.57 Å². The molecule has 0 bridgehead atoms. The van der Waals surface area contributed by atoms with Gasteiger partial charge in [0.15, 0.2) is 5.82 Å². The molecule has 1 saturated heterocycles. The molecule has 1 aliphatic heterocycles. The molecule has 3 aliphatic rings. The van der Waals surface area contributed by atoms with E-state index in [2.05, 4.69) is 14.8 Å². The average molecular weight is 387 g/mol. The maximum atomic E-state index is 13.4. The van der Waals surface area contributed by atoms with Crippen LogP contribution in [0.4, 0.5) is 0 Å². The van der Waals surface area contributed by atoms with Gasteiger partial charge in [-0.25, -0.2) is 8.42 Å². The maximum absolute atomic E-state index is 13.4. The molecule has 1 saturated carbocycles. The minimum Gasteiger partial charge on any atom is -0.313 e. The number of aryl methyl sites for hydroxylation is 2. The molecule has 1 aromatic carbocycles. The smallest absolute Gasteiger partial charge is 0.243 e. The van der Waals surface area contributed by atoms with E-state index in [1.165, 1.54) is 24.0 Å². The van der Waals surface area contributed by atoms with Crippen LogP contribution in [0, 0.1) is 0 Å². The Balaban J connectivity index is 1.48. The van der Waals surface area contributed by atoms with E-state index in [-0.39, 0.29) is 6.04 Å². The Kier molecular flexibility index (Phi) is 4.31. The first-order valence-electron chi connectivity index (χ1n) is 10.2. The van der Waals surface area contributed by atoms with Gasteiger partial charge in [-0.15, -0.1) is 10.2 Å². The molecule has 1 unspecified atom stereocenters. The van der Waals surface area contributed by atoms with Crippen molar-refractivity contribution in [3.63, 3.8) is 0 Å². The predicted molar refractivity (Wildman–Crippen MR) is 102 cm³/mol. The number of aromatic nitrogens is 3. The van der Waals surface area contributed by atoms with Crippen molar-refractivity contribution in [3.05, 3.63) is 41.5 Å². The Morgan fingerprint density at radius 3 is 2.63 bits per heavy atom. The van der Waals surface area contributed by atoms with E-state index in [0.29, 0.717) is 17.5 Å². The van der Waals surface area contributed by atoms with Crippen LogP contribution in [0.15, 0.2) is 29.4 Å². The van der Waals surface area contributed by atoms with Crippen LogP contribution in [0.1, 0.15) is 74.0 Å². The number of nitrogens with zero attached hydrogens (tertiary/aromatic N) is 4. The van der Waals surface area contributed by atoms with Crippen molar-refractivity contribution >= 4 is 10.0 Å². The maximum Gasteiger partial charge on any atom is 0.243 e. The molecule has 144 valence electrons. The molecule has 6 nitrogen and oxygen atoms in total. The molecule has 2 aliphatic carbocycles. The highest BCUT2D eigenvalue weighted by Gasteiger charge is 2.39. The highest BCUT2D eigenvalue weighted by Crippen LogP contribution is 2.39. The van der Waals surface area contributed by atoms with Crippen LogP contribution in [0.2, 0.25) is 0 Å². The van der Waals surface area contributed by atoms with Crippen molar-refractivity contribution < 1.29 is 8.42 Å². The van der Waals surface area contributed by atoms with Crippen molar-refractivity contribution in [2.24, 2.45) is 0 Å². The SMILES string of the molecule is O=S(=O)(c1ccc2c(c1)CCC2)N1CCCC1c1nncn1C1CCCC1. The second-order valence-corrected chi connectivity index (χ2v) is 9.98. The molecular formula is C20H26N4O2S. The summed E-state index contributed by atoms with van der Waals surface area (Å²) in [5.41, 5.74) is 2.49. The third-order valence-corrected chi connectivity index (χ3v) is 8.40. The minimum absolute atomic E-state index is 0.202. The molecule has 0 spiro atoms. The molecular weight excluding hydrogens is 360 g/mol. The first-order chi connectivity index (χ1) is 13.1. The average Bonchev–Trinajstić information content (AvgIpc) is 3.47. The Labute approximate surface area is 160 Å². The van der Waals surface area contributed by atoms with Crippen molar-refractivity contribution in [2.75, 3.05) is 6.54 Å². The predicted octanol–water partition coefficient (Wildman–Crippen LogP) is 3.41. The highest BCUT2D eigenvalue weighted by molar-refractivity contribution is 7.89. The number of hydrogen-bond acceptors (Lipinski definition) is 4. The zero-order chi connectivity index (χ0) is 18.4. The summed E-state index contributed by atoms with van der Waals surface area (Å²) >= 11 is 0. The summed E-state index contributed by atoms with van der Waals surface area (Å²) in [5, 5.41) is 8.50. The summed E-state index contributed by atoms with van der Waals surface area (Å²) in [5.74, 6) is 0.823. The molecule has 2 aromatic rings. The van der Waals surface area contributed by atoms with Gasteiger partial charge in [-0.2, -0.15) is 4.31 Å². The van der Waals surface area contributed by atoms with Gasteiger partial charge in [0.25, 0.3) is 0 Å². The summed E-state index contributed by atoms with van der Waals surface area (Å²) in [7, 11) is -3.52. The standard InChI is InChI=1S/C20H26N4O2S/c25-27(26,18-11-10-15-5-3-6-16(15)13-18)24-12-4-9-19(24)20-22-21-14-23(20)17-7-1-2-8-17/h10-11,13-14,17,19H,1-9,12H2. The van der Waals surface area contributed by atoms with E-state index in [4.69, 9.17) is 0 Å². The second kappa shape index (κ2) is 6.71. The van der Waals surface area contributed by atoms with Gasteiger partial charge in [-0.1, -0.05) is 18.9 Å². The van der Waals surface area contributed by atoms with Gasteiger partial charge in [0.1, 0.15) is 6.33 Å². The van der Waals surface area contributed by atoms with Crippen molar-refractivity contribution in [3.8, 4) is 0 Å². The molecule has 2 heterocycles. The second-order valence-electron chi connectivity index (χ2n) is 8.09. The normalized spacial score (nSPS) is 23.9. The third kappa shape index (κ3) is 2.91. The van der Waals surface area contributed by atoms with Crippen LogP contribution in [0.3, 0.4) is 0 Å². The van der Waals surface area contributed by atoms with Crippen molar-refractivity contribution in [1.29, 1.82) is 0 Å². The van der Waals surface area contributed by atoms with E-state index in [9.17, 15) is 8.42 Å². The summed E-state index contributed by atoms with van der Waals surface area (Å²) < 4.78 is 30.7. The lowest BCUT2D eigenvalue weighted by Crippen LogP contribution is -2.32. The van der Waals surface area contributed by atoms with E-state index < -0.39 is 10.0 Å². The molecule has 5 rings (SSSR count). The first-order valence-corrected chi connectivity index (χ1v) is 11.6. The fourth-order valence-corrected chi connectivity index (χ4v) is 6.79.